The average Bonchev–Trinajstić information content (AvgIpc) is 3.30. The molecule has 3 aliphatic rings. The summed E-state index contributed by atoms with van der Waals surface area (Å²) in [5, 5.41) is 7.36. The molecule has 0 spiro atoms. The summed E-state index contributed by atoms with van der Waals surface area (Å²) in [6.45, 7) is 4.50. The van der Waals surface area contributed by atoms with Crippen LogP contribution in [0.25, 0.3) is 0 Å². The molecular formula is C33H41FN6S. The molecular weight excluding hydrogens is 531 g/mol. The molecule has 1 saturated heterocycles. The molecule has 0 bridgehead atoms. The van der Waals surface area contributed by atoms with Crippen molar-refractivity contribution in [3.8, 4) is 0 Å². The van der Waals surface area contributed by atoms with Gasteiger partial charge in [-0.05, 0) is 73.1 Å². The number of benzene rings is 2. The molecule has 0 amide bonds. The van der Waals surface area contributed by atoms with Crippen LogP contribution in [-0.4, -0.2) is 41.3 Å². The molecule has 8 heteroatoms. The van der Waals surface area contributed by atoms with E-state index in [2.05, 4.69) is 50.8 Å². The van der Waals surface area contributed by atoms with Crippen LogP contribution in [0.1, 0.15) is 74.5 Å². The molecule has 2 N–H and O–H groups in total. The molecule has 1 aliphatic carbocycles. The number of nitrogens with zero attached hydrogens (tertiary/aromatic N) is 4. The highest BCUT2D eigenvalue weighted by Crippen LogP contribution is 2.39. The van der Waals surface area contributed by atoms with Crippen molar-refractivity contribution < 1.29 is 4.39 Å². The van der Waals surface area contributed by atoms with Gasteiger partial charge in [-0.15, -0.1) is 0 Å². The van der Waals surface area contributed by atoms with Crippen LogP contribution in [0.4, 0.5) is 22.0 Å². The average molecular weight is 573 g/mol. The number of nitrogens with one attached hydrogen (secondary N) is 2. The van der Waals surface area contributed by atoms with E-state index in [1.54, 1.807) is 12.1 Å². The summed E-state index contributed by atoms with van der Waals surface area (Å²) in [4.78, 5) is 14.7. The Morgan fingerprint density at radius 3 is 2.20 bits per heavy atom. The molecule has 0 unspecified atom stereocenters. The van der Waals surface area contributed by atoms with Gasteiger partial charge in [-0.25, -0.2) is 4.39 Å². The minimum Gasteiger partial charge on any atom is -0.361 e. The van der Waals surface area contributed by atoms with Crippen LogP contribution in [0.5, 0.6) is 0 Å². The fourth-order valence-corrected chi connectivity index (χ4v) is 6.95. The van der Waals surface area contributed by atoms with Gasteiger partial charge in [0.2, 0.25) is 5.95 Å². The standard InChI is InChI=1S/C33H41FN6S/c34-28-14-12-27(13-15-28)33(17-6-3-7-18-33)24-35-32(41)38-31-36-29(39-19-8-1-2-9-20-39)22-30(37-31)40-21-16-25-10-4-5-11-26(25)23-40/h4-5,10-15,22H,1-3,6-9,16-21,23-24H2,(H2,35,36,37,38,41). The first kappa shape index (κ1) is 27.9. The molecule has 3 heterocycles. The zero-order valence-electron chi connectivity index (χ0n) is 23.9. The van der Waals surface area contributed by atoms with E-state index < -0.39 is 0 Å². The van der Waals surface area contributed by atoms with Crippen molar-refractivity contribution in [3.05, 3.63) is 77.1 Å². The van der Waals surface area contributed by atoms with Gasteiger partial charge in [0, 0.05) is 44.2 Å². The number of hydrogen-bond donors (Lipinski definition) is 2. The Kier molecular flexibility index (Phi) is 8.65. The van der Waals surface area contributed by atoms with Gasteiger partial charge >= 0.3 is 0 Å². The lowest BCUT2D eigenvalue weighted by molar-refractivity contribution is 0.292. The highest BCUT2D eigenvalue weighted by atomic mass is 32.1. The largest absolute Gasteiger partial charge is 0.361 e. The van der Waals surface area contributed by atoms with Crippen LogP contribution in [0.3, 0.4) is 0 Å². The number of rotatable bonds is 6. The van der Waals surface area contributed by atoms with Gasteiger partial charge in [-0.3, -0.25) is 0 Å². The molecule has 2 fully saturated rings. The topological polar surface area (TPSA) is 56.3 Å². The summed E-state index contributed by atoms with van der Waals surface area (Å²) in [7, 11) is 0. The highest BCUT2D eigenvalue weighted by molar-refractivity contribution is 7.80. The van der Waals surface area contributed by atoms with E-state index in [1.165, 1.54) is 61.6 Å². The van der Waals surface area contributed by atoms with E-state index >= 15 is 0 Å². The van der Waals surface area contributed by atoms with E-state index in [9.17, 15) is 4.39 Å². The Balaban J connectivity index is 1.21. The van der Waals surface area contributed by atoms with Crippen molar-refractivity contribution in [3.63, 3.8) is 0 Å². The summed E-state index contributed by atoms with van der Waals surface area (Å²) in [5.74, 6) is 2.25. The van der Waals surface area contributed by atoms with Gasteiger partial charge in [0.1, 0.15) is 17.5 Å². The summed E-state index contributed by atoms with van der Waals surface area (Å²) >= 11 is 5.81. The van der Waals surface area contributed by atoms with Crippen LogP contribution < -0.4 is 20.4 Å². The minimum absolute atomic E-state index is 0.0567. The molecule has 1 saturated carbocycles. The first-order chi connectivity index (χ1) is 20.1. The maximum Gasteiger partial charge on any atom is 0.232 e. The van der Waals surface area contributed by atoms with Gasteiger partial charge < -0.3 is 20.4 Å². The van der Waals surface area contributed by atoms with E-state index in [0.29, 0.717) is 17.6 Å². The number of thiocarbonyl (C=S) groups is 1. The van der Waals surface area contributed by atoms with Crippen molar-refractivity contribution >= 4 is 34.9 Å². The third-order valence-corrected chi connectivity index (χ3v) is 9.41. The fraction of sp³-hybridized carbons (Fsp3) is 0.485. The second-order valence-corrected chi connectivity index (χ2v) is 12.3. The lowest BCUT2D eigenvalue weighted by atomic mass is 9.69. The first-order valence-corrected chi connectivity index (χ1v) is 15.8. The zero-order chi connectivity index (χ0) is 28.1. The second-order valence-electron chi connectivity index (χ2n) is 11.9. The Morgan fingerprint density at radius 1 is 0.805 bits per heavy atom. The molecule has 2 aliphatic heterocycles. The molecule has 6 nitrogen and oxygen atoms in total. The van der Waals surface area contributed by atoms with Crippen LogP contribution in [0.2, 0.25) is 0 Å². The lowest BCUT2D eigenvalue weighted by Gasteiger charge is -2.38. The molecule has 0 radical (unpaired) electrons. The Hall–Kier alpha value is -3.26. The van der Waals surface area contributed by atoms with Crippen LogP contribution in [0.15, 0.2) is 54.6 Å². The van der Waals surface area contributed by atoms with Gasteiger partial charge in [0.05, 0.1) is 0 Å². The monoisotopic (exact) mass is 572 g/mol. The van der Waals surface area contributed by atoms with Crippen LogP contribution >= 0.6 is 12.2 Å². The van der Waals surface area contributed by atoms with Crippen LogP contribution in [-0.2, 0) is 18.4 Å². The zero-order valence-corrected chi connectivity index (χ0v) is 24.7. The molecule has 41 heavy (non-hydrogen) atoms. The van der Waals surface area contributed by atoms with Crippen molar-refractivity contribution in [1.82, 2.24) is 15.3 Å². The minimum atomic E-state index is -0.195. The summed E-state index contributed by atoms with van der Waals surface area (Å²) in [6.07, 6.45) is 11.6. The van der Waals surface area contributed by atoms with Gasteiger partial charge in [-0.2, -0.15) is 9.97 Å². The van der Waals surface area contributed by atoms with E-state index in [4.69, 9.17) is 22.2 Å². The Bertz CT molecular complexity index is 1330. The maximum absolute atomic E-state index is 13.7. The molecule has 0 atom stereocenters. The molecule has 216 valence electrons. The smallest absolute Gasteiger partial charge is 0.232 e. The molecule has 3 aromatic rings. The highest BCUT2D eigenvalue weighted by Gasteiger charge is 2.34. The first-order valence-electron chi connectivity index (χ1n) is 15.3. The normalized spacial score (nSPS) is 18.8. The van der Waals surface area contributed by atoms with E-state index in [-0.39, 0.29) is 11.2 Å². The summed E-state index contributed by atoms with van der Waals surface area (Å²) < 4.78 is 13.7. The predicted octanol–water partition coefficient (Wildman–Crippen LogP) is 6.75. The second kappa shape index (κ2) is 12.7. The van der Waals surface area contributed by atoms with Crippen LogP contribution in [0, 0.1) is 5.82 Å². The number of hydrogen-bond acceptors (Lipinski definition) is 5. The number of anilines is 3. The fourth-order valence-electron chi connectivity index (χ4n) is 6.79. The summed E-state index contributed by atoms with van der Waals surface area (Å²) in [5.41, 5.74) is 3.91. The molecule has 1 aromatic heterocycles. The van der Waals surface area contributed by atoms with Crippen molar-refractivity contribution in [2.75, 3.05) is 41.3 Å². The lowest BCUT2D eigenvalue weighted by Crippen LogP contribution is -2.43. The Morgan fingerprint density at radius 2 is 1.46 bits per heavy atom. The van der Waals surface area contributed by atoms with E-state index in [1.807, 2.05) is 12.1 Å². The molecule has 2 aromatic carbocycles. The number of fused-ring (bicyclic) bond motifs is 1. The van der Waals surface area contributed by atoms with Crippen molar-refractivity contribution in [2.24, 2.45) is 0 Å². The number of aromatic nitrogens is 2. The molecule has 6 rings (SSSR count). The van der Waals surface area contributed by atoms with E-state index in [0.717, 1.165) is 57.1 Å². The predicted molar refractivity (Wildman–Crippen MR) is 169 cm³/mol. The van der Waals surface area contributed by atoms with Gasteiger partial charge in [0.15, 0.2) is 5.11 Å². The summed E-state index contributed by atoms with van der Waals surface area (Å²) in [6, 6.07) is 17.9. The van der Waals surface area contributed by atoms with Crippen molar-refractivity contribution in [2.45, 2.75) is 76.2 Å². The SMILES string of the molecule is Fc1ccc(C2(CNC(=S)Nc3nc(N4CCCCCC4)cc(N4CCc5ccccc5C4)n3)CCCCC2)cc1. The third kappa shape index (κ3) is 6.64. The quantitative estimate of drug-likeness (QED) is 0.317. The van der Waals surface area contributed by atoms with Gasteiger partial charge in [-0.1, -0.05) is 68.5 Å². The van der Waals surface area contributed by atoms with Crippen molar-refractivity contribution in [1.29, 1.82) is 0 Å². The number of halogens is 1. The maximum atomic E-state index is 13.7. The Labute approximate surface area is 248 Å². The van der Waals surface area contributed by atoms with Gasteiger partial charge in [0.25, 0.3) is 0 Å². The third-order valence-electron chi connectivity index (χ3n) is 9.16.